The van der Waals surface area contributed by atoms with Crippen LogP contribution in [0.4, 0.5) is 5.69 Å². The number of aromatic nitrogens is 5. The van der Waals surface area contributed by atoms with Gasteiger partial charge in [0.1, 0.15) is 5.35 Å². The number of benzene rings is 1. The molecule has 1 aromatic carbocycles. The maximum absolute atomic E-state index is 4.59. The molecule has 0 atom stereocenters. The molecule has 21 heavy (non-hydrogen) atoms. The van der Waals surface area contributed by atoms with Crippen molar-refractivity contribution in [2.75, 3.05) is 24.7 Å². The fourth-order valence-corrected chi connectivity index (χ4v) is 2.69. The summed E-state index contributed by atoms with van der Waals surface area (Å²) in [7, 11) is 4.05. The van der Waals surface area contributed by atoms with Gasteiger partial charge in [0.05, 0.1) is 0 Å². The number of anilines is 1. The Labute approximate surface area is 126 Å². The summed E-state index contributed by atoms with van der Waals surface area (Å²) >= 11 is 1.63. The zero-order valence-corrected chi connectivity index (χ0v) is 13.0. The molecule has 0 unspecified atom stereocenters. The Morgan fingerprint density at radius 3 is 2.67 bits per heavy atom. The number of fused-ring (bicyclic) bond motifs is 1. The van der Waals surface area contributed by atoms with Gasteiger partial charge in [0.25, 0.3) is 0 Å². The van der Waals surface area contributed by atoms with E-state index in [0.717, 1.165) is 21.8 Å². The second-order valence-electron chi connectivity index (χ2n) is 4.76. The molecule has 0 aliphatic carbocycles. The number of tetrazole rings is 1. The second-order valence-corrected chi connectivity index (χ2v) is 5.99. The van der Waals surface area contributed by atoms with Gasteiger partial charge < -0.3 is 4.90 Å². The van der Waals surface area contributed by atoms with Crippen LogP contribution in [0, 0.1) is 0 Å². The summed E-state index contributed by atoms with van der Waals surface area (Å²) in [5, 5.41) is 13.4. The Morgan fingerprint density at radius 2 is 2.00 bits per heavy atom. The molecule has 0 aliphatic heterocycles. The Kier molecular flexibility index (Phi) is 3.74. The first kappa shape index (κ1) is 13.8. The standard InChI is InChI=1S/C14H16N6S/c1-4-21-14-15-12(13-16-17-18-20(13)14)9-10-5-7-11(8-6-10)19(2)3/h5-9H,4H2,1-3H3/b12-9-. The van der Waals surface area contributed by atoms with Gasteiger partial charge in [-0.25, -0.2) is 4.98 Å². The summed E-state index contributed by atoms with van der Waals surface area (Å²) in [6, 6.07) is 8.29. The summed E-state index contributed by atoms with van der Waals surface area (Å²) in [5.41, 5.74) is 2.94. The minimum Gasteiger partial charge on any atom is -0.378 e. The third kappa shape index (κ3) is 2.69. The molecular formula is C14H16N6S. The smallest absolute Gasteiger partial charge is 0.207 e. The minimum absolute atomic E-state index is 0.697. The summed E-state index contributed by atoms with van der Waals surface area (Å²) in [6.45, 7) is 2.08. The van der Waals surface area contributed by atoms with Crippen molar-refractivity contribution in [3.8, 4) is 0 Å². The second kappa shape index (κ2) is 5.69. The number of hydrogen-bond donors (Lipinski definition) is 0. The van der Waals surface area contributed by atoms with Crippen molar-refractivity contribution in [2.45, 2.75) is 12.1 Å². The first-order chi connectivity index (χ1) is 10.2. The van der Waals surface area contributed by atoms with E-state index in [2.05, 4.69) is 56.6 Å². The number of imidazole rings is 1. The van der Waals surface area contributed by atoms with Crippen LogP contribution in [0.25, 0.3) is 11.7 Å². The Hall–Kier alpha value is -2.15. The van der Waals surface area contributed by atoms with Crippen molar-refractivity contribution in [3.63, 3.8) is 0 Å². The molecule has 108 valence electrons. The highest BCUT2D eigenvalue weighted by molar-refractivity contribution is 7.99. The van der Waals surface area contributed by atoms with E-state index in [1.807, 2.05) is 20.2 Å². The highest BCUT2D eigenvalue weighted by Crippen LogP contribution is 2.15. The van der Waals surface area contributed by atoms with E-state index in [0.29, 0.717) is 5.65 Å². The summed E-state index contributed by atoms with van der Waals surface area (Å²) in [6.07, 6.45) is 2.00. The Bertz CT molecular complexity index is 793. The van der Waals surface area contributed by atoms with Crippen LogP contribution in [0.5, 0.6) is 0 Å². The molecule has 0 spiro atoms. The molecule has 7 heteroatoms. The highest BCUT2D eigenvalue weighted by Gasteiger charge is 2.10. The van der Waals surface area contributed by atoms with Gasteiger partial charge in [-0.05, 0) is 40.0 Å². The van der Waals surface area contributed by atoms with Crippen molar-refractivity contribution in [1.29, 1.82) is 0 Å². The van der Waals surface area contributed by atoms with Gasteiger partial charge in [-0.2, -0.15) is 4.52 Å². The largest absolute Gasteiger partial charge is 0.378 e. The first-order valence-electron chi connectivity index (χ1n) is 6.68. The summed E-state index contributed by atoms with van der Waals surface area (Å²) < 4.78 is 1.69. The molecule has 2 heterocycles. The van der Waals surface area contributed by atoms with Crippen LogP contribution < -0.4 is 10.2 Å². The summed E-state index contributed by atoms with van der Waals surface area (Å²) in [5.74, 6) is 0.933. The monoisotopic (exact) mass is 300 g/mol. The Morgan fingerprint density at radius 1 is 1.24 bits per heavy atom. The molecule has 0 saturated heterocycles. The van der Waals surface area contributed by atoms with E-state index in [-0.39, 0.29) is 0 Å². The predicted octanol–water partition coefficient (Wildman–Crippen LogP) is 1.24. The van der Waals surface area contributed by atoms with E-state index in [4.69, 9.17) is 0 Å². The van der Waals surface area contributed by atoms with Crippen molar-refractivity contribution in [2.24, 2.45) is 0 Å². The lowest BCUT2D eigenvalue weighted by molar-refractivity contribution is 0.751. The van der Waals surface area contributed by atoms with E-state index in [1.54, 1.807) is 16.3 Å². The van der Waals surface area contributed by atoms with Crippen LogP contribution in [0.15, 0.2) is 29.4 Å². The maximum Gasteiger partial charge on any atom is 0.207 e. The van der Waals surface area contributed by atoms with Gasteiger partial charge in [-0.15, -0.1) is 5.10 Å². The van der Waals surface area contributed by atoms with Gasteiger partial charge in [-0.3, -0.25) is 0 Å². The van der Waals surface area contributed by atoms with Crippen LogP contribution in [-0.4, -0.2) is 44.9 Å². The van der Waals surface area contributed by atoms with E-state index < -0.39 is 0 Å². The van der Waals surface area contributed by atoms with Gasteiger partial charge in [-0.1, -0.05) is 30.8 Å². The van der Waals surface area contributed by atoms with Gasteiger partial charge in [0, 0.05) is 19.8 Å². The molecule has 0 amide bonds. The minimum atomic E-state index is 0.697. The topological polar surface area (TPSA) is 59.2 Å². The van der Waals surface area contributed by atoms with Crippen molar-refractivity contribution < 1.29 is 0 Å². The molecule has 3 aromatic rings. The average molecular weight is 300 g/mol. The molecule has 0 bridgehead atoms. The average Bonchev–Trinajstić information content (AvgIpc) is 3.05. The molecule has 0 aliphatic rings. The fraction of sp³-hybridized carbons (Fsp3) is 0.286. The molecule has 2 aromatic heterocycles. The fourth-order valence-electron chi connectivity index (χ4n) is 2.02. The van der Waals surface area contributed by atoms with Crippen LogP contribution in [0.2, 0.25) is 0 Å². The number of hydrogen-bond acceptors (Lipinski definition) is 6. The highest BCUT2D eigenvalue weighted by atomic mass is 32.2. The molecule has 0 N–H and O–H groups in total. The quantitative estimate of drug-likeness (QED) is 0.676. The van der Waals surface area contributed by atoms with E-state index in [9.17, 15) is 0 Å². The lowest BCUT2D eigenvalue weighted by atomic mass is 10.2. The van der Waals surface area contributed by atoms with Crippen molar-refractivity contribution in [3.05, 3.63) is 35.2 Å². The molecule has 0 radical (unpaired) electrons. The molecule has 6 nitrogen and oxygen atoms in total. The van der Waals surface area contributed by atoms with Crippen LogP contribution in [0.3, 0.4) is 0 Å². The van der Waals surface area contributed by atoms with Crippen LogP contribution in [-0.2, 0) is 0 Å². The van der Waals surface area contributed by atoms with E-state index in [1.165, 1.54) is 5.69 Å². The van der Waals surface area contributed by atoms with Crippen LogP contribution in [0.1, 0.15) is 12.5 Å². The SMILES string of the molecule is CCSc1n/c(=C\c2ccc(N(C)C)cc2)c2nnnn12. The number of rotatable bonds is 4. The van der Waals surface area contributed by atoms with Crippen molar-refractivity contribution in [1.82, 2.24) is 25.0 Å². The zero-order chi connectivity index (χ0) is 14.8. The third-order valence-electron chi connectivity index (χ3n) is 3.08. The lowest BCUT2D eigenvalue weighted by Crippen LogP contribution is -2.08. The van der Waals surface area contributed by atoms with Crippen molar-refractivity contribution >= 4 is 29.2 Å². The predicted molar refractivity (Wildman–Crippen MR) is 84.5 cm³/mol. The third-order valence-corrected chi connectivity index (χ3v) is 3.89. The molecule has 3 rings (SSSR count). The van der Waals surface area contributed by atoms with Gasteiger partial charge in [0.15, 0.2) is 5.16 Å². The van der Waals surface area contributed by atoms with Crippen LogP contribution >= 0.6 is 11.8 Å². The molecule has 0 saturated carbocycles. The Balaban J connectivity index is 2.04. The summed E-state index contributed by atoms with van der Waals surface area (Å²) in [4.78, 5) is 6.66. The van der Waals surface area contributed by atoms with Gasteiger partial charge >= 0.3 is 0 Å². The number of thioether (sulfide) groups is 1. The zero-order valence-electron chi connectivity index (χ0n) is 12.2. The maximum atomic E-state index is 4.59. The molecule has 0 fully saturated rings. The lowest BCUT2D eigenvalue weighted by Gasteiger charge is -2.11. The van der Waals surface area contributed by atoms with Gasteiger partial charge in [0.2, 0.25) is 5.65 Å². The first-order valence-corrected chi connectivity index (χ1v) is 7.67. The molecular weight excluding hydrogens is 284 g/mol. The number of nitrogens with zero attached hydrogens (tertiary/aromatic N) is 6. The normalized spacial score (nSPS) is 12.2. The van der Waals surface area contributed by atoms with E-state index >= 15 is 0 Å².